The maximum atomic E-state index is 3.62. The van der Waals surface area contributed by atoms with Gasteiger partial charge in [-0.2, -0.15) is 0 Å². The molecule has 0 unspecified atom stereocenters. The molecule has 2 heterocycles. The number of fused-ring (bicyclic) bond motifs is 3. The monoisotopic (exact) mass is 406 g/mol. The standard InChI is InChI=1S/C17H16Br2N2/c18-11-1-4-13(5-2-11)21-16-6-3-12(19)9-14(16)15-10-20-8-7-17(15)21/h1-6,9,15,17,20H,7-8,10H2/t15-,17+/m0/s1. The molecule has 0 amide bonds. The number of rotatable bonds is 1. The lowest BCUT2D eigenvalue weighted by molar-refractivity contribution is 0.419. The molecule has 0 aliphatic carbocycles. The topological polar surface area (TPSA) is 15.3 Å². The zero-order valence-corrected chi connectivity index (χ0v) is 14.7. The van der Waals surface area contributed by atoms with Crippen molar-refractivity contribution >= 4 is 43.2 Å². The summed E-state index contributed by atoms with van der Waals surface area (Å²) in [6.45, 7) is 2.17. The fourth-order valence-electron chi connectivity index (χ4n) is 3.62. The van der Waals surface area contributed by atoms with Crippen LogP contribution in [-0.4, -0.2) is 19.1 Å². The van der Waals surface area contributed by atoms with E-state index in [1.807, 2.05) is 0 Å². The second-order valence-corrected chi connectivity index (χ2v) is 7.55. The second kappa shape index (κ2) is 5.41. The normalized spacial score (nSPS) is 23.8. The molecule has 4 heteroatoms. The van der Waals surface area contributed by atoms with E-state index < -0.39 is 0 Å². The van der Waals surface area contributed by atoms with Crippen molar-refractivity contribution in [3.63, 3.8) is 0 Å². The van der Waals surface area contributed by atoms with E-state index in [-0.39, 0.29) is 0 Å². The highest BCUT2D eigenvalue weighted by atomic mass is 79.9. The van der Waals surface area contributed by atoms with Crippen molar-refractivity contribution in [3.05, 3.63) is 57.0 Å². The summed E-state index contributed by atoms with van der Waals surface area (Å²) in [6, 6.07) is 15.9. The molecule has 2 atom stereocenters. The minimum Gasteiger partial charge on any atom is -0.337 e. The fraction of sp³-hybridized carbons (Fsp3) is 0.294. The van der Waals surface area contributed by atoms with Gasteiger partial charge in [0, 0.05) is 38.8 Å². The third-order valence-electron chi connectivity index (χ3n) is 4.53. The highest BCUT2D eigenvalue weighted by Gasteiger charge is 2.40. The first-order valence-corrected chi connectivity index (χ1v) is 8.87. The number of piperidine rings is 1. The van der Waals surface area contributed by atoms with E-state index in [1.165, 1.54) is 27.8 Å². The summed E-state index contributed by atoms with van der Waals surface area (Å²) in [4.78, 5) is 2.53. The van der Waals surface area contributed by atoms with Crippen LogP contribution in [0.2, 0.25) is 0 Å². The maximum Gasteiger partial charge on any atom is 0.0451 e. The second-order valence-electron chi connectivity index (χ2n) is 5.72. The van der Waals surface area contributed by atoms with Gasteiger partial charge in [0.1, 0.15) is 0 Å². The number of nitrogens with zero attached hydrogens (tertiary/aromatic N) is 1. The first-order chi connectivity index (χ1) is 10.2. The Morgan fingerprint density at radius 3 is 2.57 bits per heavy atom. The van der Waals surface area contributed by atoms with Crippen LogP contribution >= 0.6 is 31.9 Å². The van der Waals surface area contributed by atoms with Crippen LogP contribution in [0, 0.1) is 0 Å². The Labute approximate surface area is 141 Å². The quantitative estimate of drug-likeness (QED) is 0.729. The van der Waals surface area contributed by atoms with Crippen molar-refractivity contribution in [3.8, 4) is 0 Å². The molecule has 2 aliphatic rings. The average Bonchev–Trinajstić information content (AvgIpc) is 2.82. The van der Waals surface area contributed by atoms with E-state index in [0.717, 1.165) is 17.6 Å². The van der Waals surface area contributed by atoms with Crippen LogP contribution in [0.25, 0.3) is 0 Å². The Bertz CT molecular complexity index is 669. The van der Waals surface area contributed by atoms with Gasteiger partial charge >= 0.3 is 0 Å². The summed E-state index contributed by atoms with van der Waals surface area (Å²) >= 11 is 7.15. The van der Waals surface area contributed by atoms with Gasteiger partial charge in [-0.1, -0.05) is 31.9 Å². The van der Waals surface area contributed by atoms with Crippen molar-refractivity contribution in [2.45, 2.75) is 18.4 Å². The molecule has 1 fully saturated rings. The van der Waals surface area contributed by atoms with Crippen LogP contribution in [0.5, 0.6) is 0 Å². The number of hydrogen-bond acceptors (Lipinski definition) is 2. The van der Waals surface area contributed by atoms with Gasteiger partial charge in [-0.3, -0.25) is 0 Å². The summed E-state index contributed by atoms with van der Waals surface area (Å²) in [5, 5.41) is 3.55. The SMILES string of the molecule is Brc1ccc(N2c3ccc(Br)cc3[C@@H]3CNCC[C@H]32)cc1. The summed E-state index contributed by atoms with van der Waals surface area (Å²) in [5.74, 6) is 0.579. The Kier molecular flexibility index (Phi) is 3.56. The Morgan fingerprint density at radius 1 is 1.00 bits per heavy atom. The van der Waals surface area contributed by atoms with Gasteiger partial charge in [-0.25, -0.2) is 0 Å². The first kappa shape index (κ1) is 13.8. The van der Waals surface area contributed by atoms with Crippen molar-refractivity contribution < 1.29 is 0 Å². The highest BCUT2D eigenvalue weighted by Crippen LogP contribution is 2.48. The van der Waals surface area contributed by atoms with Crippen molar-refractivity contribution in [2.24, 2.45) is 0 Å². The molecule has 0 bridgehead atoms. The van der Waals surface area contributed by atoms with Crippen molar-refractivity contribution in [2.75, 3.05) is 18.0 Å². The van der Waals surface area contributed by atoms with E-state index >= 15 is 0 Å². The lowest BCUT2D eigenvalue weighted by Crippen LogP contribution is -2.42. The van der Waals surface area contributed by atoms with Gasteiger partial charge in [0.15, 0.2) is 0 Å². The average molecular weight is 408 g/mol. The summed E-state index contributed by atoms with van der Waals surface area (Å²) in [7, 11) is 0. The molecule has 0 spiro atoms. The molecule has 1 saturated heterocycles. The molecule has 21 heavy (non-hydrogen) atoms. The third kappa shape index (κ3) is 2.33. The summed E-state index contributed by atoms with van der Waals surface area (Å²) < 4.78 is 2.30. The van der Waals surface area contributed by atoms with E-state index in [1.54, 1.807) is 0 Å². The van der Waals surface area contributed by atoms with E-state index in [2.05, 4.69) is 84.5 Å². The van der Waals surface area contributed by atoms with Crippen LogP contribution in [0.4, 0.5) is 11.4 Å². The van der Waals surface area contributed by atoms with Crippen molar-refractivity contribution in [1.29, 1.82) is 0 Å². The molecular formula is C17H16Br2N2. The van der Waals surface area contributed by atoms with Gasteiger partial charge in [-0.15, -0.1) is 0 Å². The van der Waals surface area contributed by atoms with Crippen LogP contribution in [0.15, 0.2) is 51.4 Å². The van der Waals surface area contributed by atoms with Gasteiger partial charge in [0.25, 0.3) is 0 Å². The van der Waals surface area contributed by atoms with E-state index in [9.17, 15) is 0 Å². The number of nitrogens with one attached hydrogen (secondary N) is 1. The van der Waals surface area contributed by atoms with Crippen LogP contribution in [-0.2, 0) is 0 Å². The molecule has 0 radical (unpaired) electrons. The molecule has 2 nitrogen and oxygen atoms in total. The highest BCUT2D eigenvalue weighted by molar-refractivity contribution is 9.10. The number of benzene rings is 2. The Morgan fingerprint density at radius 2 is 1.76 bits per heavy atom. The first-order valence-electron chi connectivity index (χ1n) is 7.29. The lowest BCUT2D eigenvalue weighted by atomic mass is 9.90. The molecule has 2 aromatic carbocycles. The molecular weight excluding hydrogens is 392 g/mol. The number of hydrogen-bond donors (Lipinski definition) is 1. The van der Waals surface area contributed by atoms with Gasteiger partial charge in [0.05, 0.1) is 0 Å². The largest absolute Gasteiger partial charge is 0.337 e. The predicted molar refractivity (Wildman–Crippen MR) is 94.4 cm³/mol. The van der Waals surface area contributed by atoms with E-state index in [0.29, 0.717) is 12.0 Å². The minimum absolute atomic E-state index is 0.566. The third-order valence-corrected chi connectivity index (χ3v) is 5.55. The van der Waals surface area contributed by atoms with Gasteiger partial charge < -0.3 is 10.2 Å². The molecule has 1 N–H and O–H groups in total. The molecule has 0 aromatic heterocycles. The van der Waals surface area contributed by atoms with Crippen LogP contribution < -0.4 is 10.2 Å². The Balaban J connectivity index is 1.84. The van der Waals surface area contributed by atoms with Gasteiger partial charge in [0.2, 0.25) is 0 Å². The molecule has 108 valence electrons. The smallest absolute Gasteiger partial charge is 0.0451 e. The summed E-state index contributed by atoms with van der Waals surface area (Å²) in [6.07, 6.45) is 1.19. The van der Waals surface area contributed by atoms with Crippen molar-refractivity contribution in [1.82, 2.24) is 5.32 Å². The summed E-state index contributed by atoms with van der Waals surface area (Å²) in [5.41, 5.74) is 4.11. The Hall–Kier alpha value is -0.840. The zero-order valence-electron chi connectivity index (χ0n) is 11.5. The lowest BCUT2D eigenvalue weighted by Gasteiger charge is -2.34. The number of anilines is 2. The van der Waals surface area contributed by atoms with Crippen LogP contribution in [0.1, 0.15) is 17.9 Å². The fourth-order valence-corrected chi connectivity index (χ4v) is 4.27. The molecule has 0 saturated carbocycles. The molecule has 2 aliphatic heterocycles. The van der Waals surface area contributed by atoms with E-state index in [4.69, 9.17) is 0 Å². The maximum absolute atomic E-state index is 3.62. The van der Waals surface area contributed by atoms with Gasteiger partial charge in [-0.05, 0) is 61.0 Å². The predicted octanol–water partition coefficient (Wildman–Crippen LogP) is 4.81. The zero-order chi connectivity index (χ0) is 14.4. The number of halogens is 2. The van der Waals surface area contributed by atoms with Crippen LogP contribution in [0.3, 0.4) is 0 Å². The minimum atomic E-state index is 0.566. The molecule has 2 aromatic rings. The molecule has 4 rings (SSSR count).